The molecule has 1 atom stereocenters. The predicted octanol–water partition coefficient (Wildman–Crippen LogP) is 3.01. The number of nitrogens with zero attached hydrogens (tertiary/aromatic N) is 1. The van der Waals surface area contributed by atoms with Gasteiger partial charge in [-0.3, -0.25) is 0 Å². The second-order valence-electron chi connectivity index (χ2n) is 6.38. The molecule has 0 aliphatic carbocycles. The molecule has 2 aromatic rings. The first-order valence-electron chi connectivity index (χ1n) is 7.92. The minimum atomic E-state index is -0.445. The third-order valence-electron chi connectivity index (χ3n) is 4.22. The summed E-state index contributed by atoms with van der Waals surface area (Å²) in [5.41, 5.74) is 1.59. The van der Waals surface area contributed by atoms with Crippen molar-refractivity contribution in [1.82, 2.24) is 4.98 Å². The Morgan fingerprint density at radius 2 is 2.17 bits per heavy atom. The van der Waals surface area contributed by atoms with Gasteiger partial charge >= 0.3 is 7.12 Å². The summed E-state index contributed by atoms with van der Waals surface area (Å²) in [6.45, 7) is 8.24. The van der Waals surface area contributed by atoms with Gasteiger partial charge in [-0.1, -0.05) is 12.1 Å². The van der Waals surface area contributed by atoms with Crippen LogP contribution in [0.25, 0.3) is 10.4 Å². The van der Waals surface area contributed by atoms with E-state index in [0.717, 1.165) is 20.9 Å². The molecule has 5 nitrogen and oxygen atoms in total. The topological polar surface area (TPSA) is 49.8 Å². The first kappa shape index (κ1) is 17.4. The largest absolute Gasteiger partial charge is 0.498 e. The number of benzene rings is 1. The second-order valence-corrected chi connectivity index (χ2v) is 7.61. The lowest BCUT2D eigenvalue weighted by molar-refractivity contribution is 0.0517. The molecule has 1 aromatic heterocycles. The van der Waals surface area contributed by atoms with E-state index < -0.39 is 7.12 Å². The molecule has 128 valence electrons. The van der Waals surface area contributed by atoms with Crippen molar-refractivity contribution in [2.45, 2.75) is 39.4 Å². The summed E-state index contributed by atoms with van der Waals surface area (Å²) < 4.78 is 22.9. The van der Waals surface area contributed by atoms with Crippen molar-refractivity contribution in [1.29, 1.82) is 0 Å². The van der Waals surface area contributed by atoms with Crippen LogP contribution in [0.2, 0.25) is 0 Å². The van der Waals surface area contributed by atoms with Gasteiger partial charge in [0.05, 0.1) is 21.6 Å². The van der Waals surface area contributed by atoms with E-state index in [0.29, 0.717) is 5.75 Å². The summed E-state index contributed by atoms with van der Waals surface area (Å²) in [5.74, 6) is 0.704. The minimum Gasteiger partial charge on any atom is -0.468 e. The van der Waals surface area contributed by atoms with Crippen LogP contribution in [0.1, 0.15) is 25.8 Å². The molecule has 1 unspecified atom stereocenters. The highest BCUT2D eigenvalue weighted by atomic mass is 32.1. The number of hydrogen-bond donors (Lipinski definition) is 0. The maximum Gasteiger partial charge on any atom is 0.498 e. The lowest BCUT2D eigenvalue weighted by atomic mass is 9.78. The molecular formula is C17H22BNO4S. The number of ether oxygens (including phenoxy) is 2. The molecule has 24 heavy (non-hydrogen) atoms. The Morgan fingerprint density at radius 1 is 1.38 bits per heavy atom. The first-order chi connectivity index (χ1) is 11.4. The Hall–Kier alpha value is -1.41. The SMILES string of the molecule is COCOc1cc(-c2cnc(C)s2)ccc1B1OC(C)C(C)(C)O1. The molecule has 1 saturated heterocycles. The summed E-state index contributed by atoms with van der Waals surface area (Å²) >= 11 is 1.65. The highest BCUT2D eigenvalue weighted by Gasteiger charge is 2.45. The standard InChI is InChI=1S/C17H22BNO4S/c1-11-17(3,4)23-18(22-11)14-7-6-13(8-15(14)21-10-20-5)16-9-19-12(2)24-16/h6-9,11H,10H2,1-5H3. The Morgan fingerprint density at radius 3 is 2.75 bits per heavy atom. The highest BCUT2D eigenvalue weighted by Crippen LogP contribution is 2.31. The zero-order valence-electron chi connectivity index (χ0n) is 14.7. The van der Waals surface area contributed by atoms with Crippen molar-refractivity contribution in [3.63, 3.8) is 0 Å². The Kier molecular flexibility index (Phi) is 4.96. The van der Waals surface area contributed by atoms with Crippen LogP contribution in [-0.2, 0) is 14.0 Å². The number of aromatic nitrogens is 1. The number of hydrogen-bond acceptors (Lipinski definition) is 6. The van der Waals surface area contributed by atoms with E-state index in [1.807, 2.05) is 52.1 Å². The van der Waals surface area contributed by atoms with E-state index in [2.05, 4.69) is 4.98 Å². The molecule has 7 heteroatoms. The van der Waals surface area contributed by atoms with Gasteiger partial charge < -0.3 is 18.8 Å². The van der Waals surface area contributed by atoms with Crippen molar-refractivity contribution in [3.8, 4) is 16.2 Å². The average molecular weight is 347 g/mol. The second kappa shape index (κ2) is 6.84. The third-order valence-corrected chi connectivity index (χ3v) is 5.18. The Balaban J connectivity index is 1.94. The van der Waals surface area contributed by atoms with Gasteiger partial charge in [0.15, 0.2) is 6.79 Å². The van der Waals surface area contributed by atoms with E-state index in [-0.39, 0.29) is 18.5 Å². The fourth-order valence-electron chi connectivity index (χ4n) is 2.51. The van der Waals surface area contributed by atoms with Crippen LogP contribution < -0.4 is 10.2 Å². The van der Waals surface area contributed by atoms with Crippen LogP contribution in [0.5, 0.6) is 5.75 Å². The van der Waals surface area contributed by atoms with Gasteiger partial charge in [0.1, 0.15) is 5.75 Å². The van der Waals surface area contributed by atoms with Crippen molar-refractivity contribution >= 4 is 23.9 Å². The van der Waals surface area contributed by atoms with E-state index in [1.54, 1.807) is 18.4 Å². The van der Waals surface area contributed by atoms with Crippen LogP contribution in [0, 0.1) is 6.92 Å². The summed E-state index contributed by atoms with van der Waals surface area (Å²) in [5, 5.41) is 1.03. The number of rotatable bonds is 5. The Bertz CT molecular complexity index is 718. The molecule has 1 aliphatic heterocycles. The molecule has 0 radical (unpaired) electrons. The van der Waals surface area contributed by atoms with Crippen LogP contribution in [0.3, 0.4) is 0 Å². The minimum absolute atomic E-state index is 0.00148. The molecule has 0 spiro atoms. The number of aryl methyl sites for hydroxylation is 1. The summed E-state index contributed by atoms with van der Waals surface area (Å²) in [6.07, 6.45) is 1.88. The van der Waals surface area contributed by atoms with Gasteiger partial charge in [-0.15, -0.1) is 11.3 Å². The maximum absolute atomic E-state index is 6.06. The summed E-state index contributed by atoms with van der Waals surface area (Å²) in [7, 11) is 1.16. The van der Waals surface area contributed by atoms with Crippen LogP contribution >= 0.6 is 11.3 Å². The zero-order chi connectivity index (χ0) is 17.3. The van der Waals surface area contributed by atoms with E-state index >= 15 is 0 Å². The van der Waals surface area contributed by atoms with Gasteiger partial charge in [0, 0.05) is 18.8 Å². The molecule has 1 fully saturated rings. The lowest BCUT2D eigenvalue weighted by Gasteiger charge is -2.21. The fraction of sp³-hybridized carbons (Fsp3) is 0.471. The average Bonchev–Trinajstić information content (AvgIpc) is 3.08. The molecule has 1 aromatic carbocycles. The smallest absolute Gasteiger partial charge is 0.468 e. The van der Waals surface area contributed by atoms with Crippen molar-refractivity contribution < 1.29 is 18.8 Å². The maximum atomic E-state index is 6.06. The quantitative estimate of drug-likeness (QED) is 0.615. The Labute approximate surface area is 147 Å². The van der Waals surface area contributed by atoms with Gasteiger partial charge in [-0.05, 0) is 39.3 Å². The third kappa shape index (κ3) is 3.49. The molecule has 0 saturated carbocycles. The van der Waals surface area contributed by atoms with E-state index in [4.69, 9.17) is 18.8 Å². The number of methoxy groups -OCH3 is 1. The summed E-state index contributed by atoms with van der Waals surface area (Å²) in [4.78, 5) is 5.42. The molecule has 0 N–H and O–H groups in total. The number of thiazole rings is 1. The normalized spacial score (nSPS) is 19.7. The van der Waals surface area contributed by atoms with Crippen molar-refractivity contribution in [2.24, 2.45) is 0 Å². The van der Waals surface area contributed by atoms with Gasteiger partial charge in [0.2, 0.25) is 0 Å². The first-order valence-corrected chi connectivity index (χ1v) is 8.74. The van der Waals surface area contributed by atoms with Gasteiger partial charge in [0.25, 0.3) is 0 Å². The van der Waals surface area contributed by atoms with Crippen LogP contribution in [-0.4, -0.2) is 37.7 Å². The molecule has 2 heterocycles. The molecule has 3 rings (SSSR count). The van der Waals surface area contributed by atoms with Gasteiger partial charge in [-0.25, -0.2) is 4.98 Å². The van der Waals surface area contributed by atoms with Crippen molar-refractivity contribution in [2.75, 3.05) is 13.9 Å². The van der Waals surface area contributed by atoms with E-state index in [9.17, 15) is 0 Å². The van der Waals surface area contributed by atoms with Gasteiger partial charge in [-0.2, -0.15) is 0 Å². The van der Waals surface area contributed by atoms with E-state index in [1.165, 1.54) is 0 Å². The predicted molar refractivity (Wildman–Crippen MR) is 95.9 cm³/mol. The highest BCUT2D eigenvalue weighted by molar-refractivity contribution is 7.15. The summed E-state index contributed by atoms with van der Waals surface area (Å²) in [6, 6.07) is 6.03. The monoisotopic (exact) mass is 347 g/mol. The molecule has 1 aliphatic rings. The molecule has 0 amide bonds. The molecule has 0 bridgehead atoms. The van der Waals surface area contributed by atoms with Crippen LogP contribution in [0.4, 0.5) is 0 Å². The zero-order valence-corrected chi connectivity index (χ0v) is 15.5. The van der Waals surface area contributed by atoms with Crippen molar-refractivity contribution in [3.05, 3.63) is 29.4 Å². The lowest BCUT2D eigenvalue weighted by Crippen LogP contribution is -2.35. The fourth-order valence-corrected chi connectivity index (χ4v) is 3.28. The molecular weight excluding hydrogens is 325 g/mol. The van der Waals surface area contributed by atoms with Crippen LogP contribution in [0.15, 0.2) is 24.4 Å².